The number of Topliss-reactive ketones (excluding diaryl/α,β-unsaturated/α-hetero) is 1. The minimum atomic E-state index is -4.53. The molecule has 0 saturated heterocycles. The highest BCUT2D eigenvalue weighted by molar-refractivity contribution is 5.94. The van der Waals surface area contributed by atoms with Crippen molar-refractivity contribution in [2.45, 2.75) is 13.1 Å². The fourth-order valence-corrected chi connectivity index (χ4v) is 2.09. The second-order valence-corrected chi connectivity index (χ2v) is 5.66. The Morgan fingerprint density at radius 3 is 2.29 bits per heavy atom. The number of carbonyl (C=O) groups excluding carboxylic acids is 3. The number of anilines is 1. The minimum absolute atomic E-state index is 0.0716. The van der Waals surface area contributed by atoms with Crippen LogP contribution in [0.2, 0.25) is 0 Å². The van der Waals surface area contributed by atoms with Crippen molar-refractivity contribution in [3.63, 3.8) is 0 Å². The molecule has 0 aromatic heterocycles. The number of hydrogen-bond acceptors (Lipinski definition) is 5. The van der Waals surface area contributed by atoms with E-state index in [4.69, 9.17) is 9.47 Å². The van der Waals surface area contributed by atoms with Gasteiger partial charge < -0.3 is 14.8 Å². The molecule has 0 heterocycles. The molecule has 0 saturated carbocycles. The first kappa shape index (κ1) is 20.9. The van der Waals surface area contributed by atoms with Crippen LogP contribution in [0.25, 0.3) is 0 Å². The lowest BCUT2D eigenvalue weighted by molar-refractivity contribution is -0.149. The second kappa shape index (κ2) is 9.03. The summed E-state index contributed by atoms with van der Waals surface area (Å²) in [5.74, 6) is -1.42. The third kappa shape index (κ3) is 6.42. The number of carbonyl (C=O) groups is 3. The van der Waals surface area contributed by atoms with Gasteiger partial charge >= 0.3 is 12.1 Å². The van der Waals surface area contributed by atoms with Crippen LogP contribution in [0, 0.1) is 0 Å². The van der Waals surface area contributed by atoms with Crippen molar-refractivity contribution >= 4 is 23.3 Å². The van der Waals surface area contributed by atoms with Crippen LogP contribution >= 0.6 is 0 Å². The van der Waals surface area contributed by atoms with Gasteiger partial charge in [-0.2, -0.15) is 13.2 Å². The van der Waals surface area contributed by atoms with E-state index in [1.807, 2.05) is 0 Å². The van der Waals surface area contributed by atoms with Crippen molar-refractivity contribution in [1.29, 1.82) is 0 Å². The topological polar surface area (TPSA) is 81.7 Å². The number of ketones is 1. The first-order chi connectivity index (χ1) is 13.1. The number of nitrogens with one attached hydrogen (secondary N) is 1. The summed E-state index contributed by atoms with van der Waals surface area (Å²) in [6.45, 7) is 0.260. The zero-order valence-electron chi connectivity index (χ0n) is 14.7. The van der Waals surface area contributed by atoms with Crippen LogP contribution in [0.15, 0.2) is 48.5 Å². The standard InChI is InChI=1S/C19H16F3NO5/c1-12(24)13-5-7-16(8-6-13)27-11-18(26)28-10-17(25)23-15-4-2-3-14(9-15)19(20,21)22/h2-9H,10-11H2,1H3,(H,23,25). The lowest BCUT2D eigenvalue weighted by atomic mass is 10.1. The Kier molecular flexibility index (Phi) is 6.75. The van der Waals surface area contributed by atoms with E-state index in [-0.39, 0.29) is 11.5 Å². The Morgan fingerprint density at radius 1 is 1.00 bits per heavy atom. The molecule has 1 amide bonds. The fraction of sp³-hybridized carbons (Fsp3) is 0.211. The van der Waals surface area contributed by atoms with Crippen LogP contribution in [0.4, 0.5) is 18.9 Å². The summed E-state index contributed by atoms with van der Waals surface area (Å²) >= 11 is 0. The summed E-state index contributed by atoms with van der Waals surface area (Å²) < 4.78 is 47.8. The van der Waals surface area contributed by atoms with Gasteiger partial charge in [-0.3, -0.25) is 9.59 Å². The highest BCUT2D eigenvalue weighted by Crippen LogP contribution is 2.30. The summed E-state index contributed by atoms with van der Waals surface area (Å²) in [6, 6.07) is 10.1. The number of hydrogen-bond donors (Lipinski definition) is 1. The maximum atomic E-state index is 12.6. The smallest absolute Gasteiger partial charge is 0.416 e. The van der Waals surface area contributed by atoms with E-state index in [2.05, 4.69) is 5.32 Å². The highest BCUT2D eigenvalue weighted by Gasteiger charge is 2.30. The van der Waals surface area contributed by atoms with E-state index >= 15 is 0 Å². The molecule has 28 heavy (non-hydrogen) atoms. The predicted octanol–water partition coefficient (Wildman–Crippen LogP) is 3.47. The van der Waals surface area contributed by atoms with Gasteiger partial charge in [-0.1, -0.05) is 6.07 Å². The molecule has 1 N–H and O–H groups in total. The Bertz CT molecular complexity index is 863. The zero-order valence-corrected chi connectivity index (χ0v) is 14.7. The molecule has 148 valence electrons. The molecule has 0 aliphatic rings. The van der Waals surface area contributed by atoms with Crippen LogP contribution in [0.1, 0.15) is 22.8 Å². The molecule has 0 aliphatic heterocycles. The minimum Gasteiger partial charge on any atom is -0.482 e. The molecule has 0 fully saturated rings. The summed E-state index contributed by atoms with van der Waals surface area (Å²) in [7, 11) is 0. The Hall–Kier alpha value is -3.36. The predicted molar refractivity (Wildman–Crippen MR) is 93.0 cm³/mol. The van der Waals surface area contributed by atoms with Crippen molar-refractivity contribution in [2.75, 3.05) is 18.5 Å². The lowest BCUT2D eigenvalue weighted by Crippen LogP contribution is -2.23. The van der Waals surface area contributed by atoms with Gasteiger partial charge in [-0.15, -0.1) is 0 Å². The maximum Gasteiger partial charge on any atom is 0.416 e. The molecular weight excluding hydrogens is 379 g/mol. The van der Waals surface area contributed by atoms with Gasteiger partial charge in [0, 0.05) is 11.3 Å². The average molecular weight is 395 g/mol. The molecule has 0 aliphatic carbocycles. The third-order valence-corrected chi connectivity index (χ3v) is 3.46. The van der Waals surface area contributed by atoms with E-state index in [0.29, 0.717) is 11.3 Å². The van der Waals surface area contributed by atoms with Crippen molar-refractivity contribution < 1.29 is 37.0 Å². The molecule has 0 radical (unpaired) electrons. The molecule has 0 bridgehead atoms. The molecule has 2 rings (SSSR count). The van der Waals surface area contributed by atoms with Crippen molar-refractivity contribution in [2.24, 2.45) is 0 Å². The van der Waals surface area contributed by atoms with E-state index in [1.165, 1.54) is 37.3 Å². The fourth-order valence-electron chi connectivity index (χ4n) is 2.09. The number of ether oxygens (including phenoxy) is 2. The molecular formula is C19H16F3NO5. The van der Waals surface area contributed by atoms with Crippen molar-refractivity contribution in [3.05, 3.63) is 59.7 Å². The van der Waals surface area contributed by atoms with E-state index < -0.39 is 36.8 Å². The number of esters is 1. The zero-order chi connectivity index (χ0) is 20.7. The molecule has 0 spiro atoms. The first-order valence-corrected chi connectivity index (χ1v) is 8.01. The Balaban J connectivity index is 1.78. The summed E-state index contributed by atoms with van der Waals surface area (Å²) in [5.41, 5.74) is -0.495. The van der Waals surface area contributed by atoms with Gasteiger partial charge in [-0.25, -0.2) is 4.79 Å². The molecule has 2 aromatic carbocycles. The average Bonchev–Trinajstić information content (AvgIpc) is 2.64. The molecule has 9 heteroatoms. The Labute approximate surface area is 158 Å². The summed E-state index contributed by atoms with van der Waals surface area (Å²) in [5, 5.41) is 2.21. The largest absolute Gasteiger partial charge is 0.482 e. The van der Waals surface area contributed by atoms with Gasteiger partial charge in [0.1, 0.15) is 5.75 Å². The first-order valence-electron chi connectivity index (χ1n) is 8.01. The number of amides is 1. The molecule has 6 nitrogen and oxygen atoms in total. The van der Waals surface area contributed by atoms with E-state index in [0.717, 1.165) is 18.2 Å². The van der Waals surface area contributed by atoms with E-state index in [1.54, 1.807) is 0 Å². The van der Waals surface area contributed by atoms with E-state index in [9.17, 15) is 27.6 Å². The number of halogens is 3. The third-order valence-electron chi connectivity index (χ3n) is 3.46. The van der Waals surface area contributed by atoms with Crippen LogP contribution in [-0.2, 0) is 20.5 Å². The van der Waals surface area contributed by atoms with Crippen LogP contribution in [0.5, 0.6) is 5.75 Å². The summed E-state index contributed by atoms with van der Waals surface area (Å²) in [4.78, 5) is 34.5. The van der Waals surface area contributed by atoms with Crippen LogP contribution < -0.4 is 10.1 Å². The number of alkyl halides is 3. The quantitative estimate of drug-likeness (QED) is 0.574. The van der Waals surface area contributed by atoms with Gasteiger partial charge in [0.2, 0.25) is 0 Å². The molecule has 0 unspecified atom stereocenters. The molecule has 2 aromatic rings. The second-order valence-electron chi connectivity index (χ2n) is 5.66. The van der Waals surface area contributed by atoms with Gasteiger partial charge in [0.25, 0.3) is 5.91 Å². The summed E-state index contributed by atoms with van der Waals surface area (Å²) in [6.07, 6.45) is -4.53. The van der Waals surface area contributed by atoms with Crippen molar-refractivity contribution in [3.8, 4) is 5.75 Å². The van der Waals surface area contributed by atoms with Crippen molar-refractivity contribution in [1.82, 2.24) is 0 Å². The Morgan fingerprint density at radius 2 is 1.68 bits per heavy atom. The van der Waals surface area contributed by atoms with Crippen LogP contribution in [-0.4, -0.2) is 30.9 Å². The van der Waals surface area contributed by atoms with Crippen LogP contribution in [0.3, 0.4) is 0 Å². The number of rotatable bonds is 7. The van der Waals surface area contributed by atoms with Gasteiger partial charge in [-0.05, 0) is 49.4 Å². The maximum absolute atomic E-state index is 12.6. The van der Waals surface area contributed by atoms with Gasteiger partial charge in [0.05, 0.1) is 5.56 Å². The lowest BCUT2D eigenvalue weighted by Gasteiger charge is -2.10. The monoisotopic (exact) mass is 395 g/mol. The molecule has 0 atom stereocenters. The highest BCUT2D eigenvalue weighted by atomic mass is 19.4. The normalized spacial score (nSPS) is 10.9. The SMILES string of the molecule is CC(=O)c1ccc(OCC(=O)OCC(=O)Nc2cccc(C(F)(F)F)c2)cc1. The van der Waals surface area contributed by atoms with Gasteiger partial charge in [0.15, 0.2) is 19.0 Å². The number of benzene rings is 2.